The maximum absolute atomic E-state index is 13.6. The summed E-state index contributed by atoms with van der Waals surface area (Å²) >= 11 is 5.85. The monoisotopic (exact) mass is 273 g/mol. The number of hydrogen-bond acceptors (Lipinski definition) is 1. The second-order valence-corrected chi connectivity index (χ2v) is 4.92. The van der Waals surface area contributed by atoms with Crippen molar-refractivity contribution in [2.45, 2.75) is 19.4 Å². The van der Waals surface area contributed by atoms with Gasteiger partial charge in [-0.2, -0.15) is 0 Å². The van der Waals surface area contributed by atoms with Crippen LogP contribution in [0.15, 0.2) is 18.2 Å². The molecule has 1 fully saturated rings. The molecule has 2 atom stereocenters. The lowest BCUT2D eigenvalue weighted by Gasteiger charge is -2.25. The van der Waals surface area contributed by atoms with Crippen molar-refractivity contribution in [3.8, 4) is 0 Å². The van der Waals surface area contributed by atoms with E-state index in [0.29, 0.717) is 18.3 Å². The Morgan fingerprint density at radius 2 is 2.22 bits per heavy atom. The molecule has 0 aliphatic carbocycles. The highest BCUT2D eigenvalue weighted by Crippen LogP contribution is 2.27. The van der Waals surface area contributed by atoms with E-state index in [-0.39, 0.29) is 11.6 Å². The first kappa shape index (κ1) is 13.3. The highest BCUT2D eigenvalue weighted by molar-refractivity contribution is 6.18. The summed E-state index contributed by atoms with van der Waals surface area (Å²) in [6, 6.07) is 2.92. The van der Waals surface area contributed by atoms with Crippen LogP contribution in [-0.4, -0.2) is 29.3 Å². The van der Waals surface area contributed by atoms with Crippen LogP contribution in [0.2, 0.25) is 0 Å². The number of carbonyl (C=O) groups excluding carboxylic acids is 1. The molecule has 1 aromatic carbocycles. The molecule has 0 bridgehead atoms. The molecular formula is C13H14ClF2NO. The van der Waals surface area contributed by atoms with E-state index >= 15 is 0 Å². The lowest BCUT2D eigenvalue weighted by Crippen LogP contribution is -2.39. The van der Waals surface area contributed by atoms with Crippen LogP contribution in [-0.2, 0) is 0 Å². The number of carbonyl (C=O) groups is 1. The molecule has 1 heterocycles. The first-order chi connectivity index (χ1) is 8.54. The third kappa shape index (κ3) is 2.34. The Labute approximate surface area is 110 Å². The van der Waals surface area contributed by atoms with Gasteiger partial charge in [-0.3, -0.25) is 4.79 Å². The van der Waals surface area contributed by atoms with Crippen molar-refractivity contribution >= 4 is 17.5 Å². The SMILES string of the molecule is CC1CCN(C(=O)c2ccc(F)cc2F)C1CCl. The maximum Gasteiger partial charge on any atom is 0.257 e. The zero-order chi connectivity index (χ0) is 13.3. The average molecular weight is 274 g/mol. The van der Waals surface area contributed by atoms with Gasteiger partial charge in [0.1, 0.15) is 11.6 Å². The van der Waals surface area contributed by atoms with E-state index in [1.807, 2.05) is 6.92 Å². The summed E-state index contributed by atoms with van der Waals surface area (Å²) in [6.07, 6.45) is 0.853. The summed E-state index contributed by atoms with van der Waals surface area (Å²) in [7, 11) is 0. The minimum Gasteiger partial charge on any atom is -0.334 e. The Bertz CT molecular complexity index is 466. The Morgan fingerprint density at radius 3 is 2.83 bits per heavy atom. The van der Waals surface area contributed by atoms with Crippen LogP contribution >= 0.6 is 11.6 Å². The molecule has 0 aromatic heterocycles. The summed E-state index contributed by atoms with van der Waals surface area (Å²) in [6.45, 7) is 2.58. The summed E-state index contributed by atoms with van der Waals surface area (Å²) < 4.78 is 26.4. The first-order valence-corrected chi connectivity index (χ1v) is 6.40. The third-order valence-electron chi connectivity index (χ3n) is 3.46. The highest BCUT2D eigenvalue weighted by atomic mass is 35.5. The molecule has 0 radical (unpaired) electrons. The fourth-order valence-electron chi connectivity index (χ4n) is 2.31. The van der Waals surface area contributed by atoms with Crippen LogP contribution < -0.4 is 0 Å². The lowest BCUT2D eigenvalue weighted by atomic mass is 10.0. The van der Waals surface area contributed by atoms with Gasteiger partial charge in [0.05, 0.1) is 5.56 Å². The molecule has 0 N–H and O–H groups in total. The minimum absolute atomic E-state index is 0.0800. The molecule has 2 nitrogen and oxygen atoms in total. The van der Waals surface area contributed by atoms with Crippen LogP contribution in [0.25, 0.3) is 0 Å². The van der Waals surface area contributed by atoms with Gasteiger partial charge < -0.3 is 4.90 Å². The van der Waals surface area contributed by atoms with E-state index < -0.39 is 17.5 Å². The van der Waals surface area contributed by atoms with E-state index in [2.05, 4.69) is 0 Å². The molecule has 1 aromatic rings. The number of benzene rings is 1. The van der Waals surface area contributed by atoms with Crippen molar-refractivity contribution < 1.29 is 13.6 Å². The molecule has 98 valence electrons. The van der Waals surface area contributed by atoms with Crippen LogP contribution in [0.4, 0.5) is 8.78 Å². The summed E-state index contributed by atoms with van der Waals surface area (Å²) in [5.41, 5.74) is -0.0967. The molecular weight excluding hydrogens is 260 g/mol. The van der Waals surface area contributed by atoms with Gasteiger partial charge in [-0.25, -0.2) is 8.78 Å². The van der Waals surface area contributed by atoms with Crippen molar-refractivity contribution in [3.63, 3.8) is 0 Å². The Kier molecular flexibility index (Phi) is 3.85. The summed E-state index contributed by atoms with van der Waals surface area (Å²) in [5.74, 6) is -1.30. The van der Waals surface area contributed by atoms with E-state index in [0.717, 1.165) is 18.6 Å². The molecule has 1 amide bonds. The molecule has 18 heavy (non-hydrogen) atoms. The Hall–Kier alpha value is -1.16. The van der Waals surface area contributed by atoms with Gasteiger partial charge in [0.2, 0.25) is 0 Å². The summed E-state index contributed by atoms with van der Waals surface area (Å²) in [4.78, 5) is 13.8. The number of alkyl halides is 1. The second kappa shape index (κ2) is 5.22. The fraction of sp³-hybridized carbons (Fsp3) is 0.462. The molecule has 1 aliphatic heterocycles. The summed E-state index contributed by atoms with van der Waals surface area (Å²) in [5, 5.41) is 0. The molecule has 2 unspecified atom stereocenters. The number of rotatable bonds is 2. The van der Waals surface area contributed by atoms with Crippen molar-refractivity contribution in [2.24, 2.45) is 5.92 Å². The van der Waals surface area contributed by atoms with Crippen molar-refractivity contribution in [3.05, 3.63) is 35.4 Å². The Balaban J connectivity index is 2.26. The first-order valence-electron chi connectivity index (χ1n) is 5.86. The van der Waals surface area contributed by atoms with Crippen molar-refractivity contribution in [1.29, 1.82) is 0 Å². The van der Waals surface area contributed by atoms with Gasteiger partial charge in [-0.1, -0.05) is 6.92 Å². The van der Waals surface area contributed by atoms with Gasteiger partial charge in [0.25, 0.3) is 5.91 Å². The third-order valence-corrected chi connectivity index (χ3v) is 3.78. The van der Waals surface area contributed by atoms with Crippen LogP contribution in [0.1, 0.15) is 23.7 Å². The van der Waals surface area contributed by atoms with Gasteiger partial charge >= 0.3 is 0 Å². The quantitative estimate of drug-likeness (QED) is 0.759. The minimum atomic E-state index is -0.826. The van der Waals surface area contributed by atoms with Crippen molar-refractivity contribution in [1.82, 2.24) is 4.90 Å². The average Bonchev–Trinajstić information content (AvgIpc) is 2.69. The van der Waals surface area contributed by atoms with E-state index in [4.69, 9.17) is 11.6 Å². The zero-order valence-electron chi connectivity index (χ0n) is 10.00. The molecule has 2 rings (SSSR count). The molecule has 1 aliphatic rings. The molecule has 5 heteroatoms. The number of nitrogens with zero attached hydrogens (tertiary/aromatic N) is 1. The highest BCUT2D eigenvalue weighted by Gasteiger charge is 2.34. The van der Waals surface area contributed by atoms with Crippen LogP contribution in [0.5, 0.6) is 0 Å². The maximum atomic E-state index is 13.6. The van der Waals surface area contributed by atoms with E-state index in [1.165, 1.54) is 6.07 Å². The van der Waals surface area contributed by atoms with Crippen LogP contribution in [0.3, 0.4) is 0 Å². The number of hydrogen-bond donors (Lipinski definition) is 0. The standard InChI is InChI=1S/C13H14ClF2NO/c1-8-4-5-17(12(8)7-14)13(18)10-3-2-9(15)6-11(10)16/h2-3,6,8,12H,4-5,7H2,1H3. The smallest absolute Gasteiger partial charge is 0.257 e. The van der Waals surface area contributed by atoms with Gasteiger partial charge in [-0.05, 0) is 24.5 Å². The predicted octanol–water partition coefficient (Wildman–Crippen LogP) is 3.05. The fourth-order valence-corrected chi connectivity index (χ4v) is 2.78. The van der Waals surface area contributed by atoms with Gasteiger partial charge in [0.15, 0.2) is 0 Å². The van der Waals surface area contributed by atoms with E-state index in [1.54, 1.807) is 4.90 Å². The molecule has 0 saturated carbocycles. The molecule has 0 spiro atoms. The number of amides is 1. The van der Waals surface area contributed by atoms with Gasteiger partial charge in [-0.15, -0.1) is 11.6 Å². The van der Waals surface area contributed by atoms with Crippen molar-refractivity contribution in [2.75, 3.05) is 12.4 Å². The predicted molar refractivity (Wildman–Crippen MR) is 65.7 cm³/mol. The topological polar surface area (TPSA) is 20.3 Å². The lowest BCUT2D eigenvalue weighted by molar-refractivity contribution is 0.0732. The molecule has 1 saturated heterocycles. The normalized spacial score (nSPS) is 23.4. The van der Waals surface area contributed by atoms with Gasteiger partial charge in [0, 0.05) is 24.5 Å². The largest absolute Gasteiger partial charge is 0.334 e. The van der Waals surface area contributed by atoms with Crippen LogP contribution in [0, 0.1) is 17.6 Å². The second-order valence-electron chi connectivity index (χ2n) is 4.61. The van der Waals surface area contributed by atoms with E-state index in [9.17, 15) is 13.6 Å². The number of likely N-dealkylation sites (tertiary alicyclic amines) is 1. The number of halogens is 3. The zero-order valence-corrected chi connectivity index (χ0v) is 10.8. The Morgan fingerprint density at radius 1 is 1.50 bits per heavy atom.